The van der Waals surface area contributed by atoms with Crippen molar-refractivity contribution < 1.29 is 4.39 Å². The predicted molar refractivity (Wildman–Crippen MR) is 85.1 cm³/mol. The number of hydrogen-bond donors (Lipinski definition) is 2. The summed E-state index contributed by atoms with van der Waals surface area (Å²) in [4.78, 5) is 0. The summed E-state index contributed by atoms with van der Waals surface area (Å²) in [6.07, 6.45) is 3.23. The Hall–Kier alpha value is -1.87. The lowest BCUT2D eigenvalue weighted by Gasteiger charge is -2.21. The number of rotatable bonds is 5. The molecule has 2 aromatic rings. The van der Waals surface area contributed by atoms with E-state index in [2.05, 4.69) is 28.8 Å². The first-order chi connectivity index (χ1) is 10.3. The average molecular weight is 284 g/mol. The van der Waals surface area contributed by atoms with Crippen molar-refractivity contribution >= 4 is 5.69 Å². The zero-order valence-electron chi connectivity index (χ0n) is 12.2. The van der Waals surface area contributed by atoms with E-state index in [1.54, 1.807) is 12.1 Å². The fourth-order valence-electron chi connectivity index (χ4n) is 2.88. The molecule has 0 aliphatic carbocycles. The van der Waals surface area contributed by atoms with Gasteiger partial charge in [-0.3, -0.25) is 0 Å². The van der Waals surface area contributed by atoms with Gasteiger partial charge in [0.25, 0.3) is 0 Å². The zero-order chi connectivity index (χ0) is 14.5. The molecule has 3 heteroatoms. The minimum Gasteiger partial charge on any atom is -0.385 e. The number of halogens is 1. The third kappa shape index (κ3) is 3.61. The minimum absolute atomic E-state index is 0.158. The largest absolute Gasteiger partial charge is 0.385 e. The van der Waals surface area contributed by atoms with Gasteiger partial charge in [-0.2, -0.15) is 0 Å². The number of hydrogen-bond acceptors (Lipinski definition) is 2. The molecule has 2 N–H and O–H groups in total. The molecule has 0 spiro atoms. The van der Waals surface area contributed by atoms with Crippen molar-refractivity contribution in [3.05, 3.63) is 65.0 Å². The maximum atomic E-state index is 13.1. The Kier molecular flexibility index (Phi) is 4.51. The second-order valence-electron chi connectivity index (χ2n) is 5.54. The van der Waals surface area contributed by atoms with Crippen LogP contribution in [-0.2, 0) is 19.4 Å². The van der Waals surface area contributed by atoms with E-state index in [1.165, 1.54) is 35.7 Å². The Morgan fingerprint density at radius 1 is 1.14 bits per heavy atom. The van der Waals surface area contributed by atoms with Crippen molar-refractivity contribution in [1.29, 1.82) is 0 Å². The number of anilines is 1. The van der Waals surface area contributed by atoms with Crippen LogP contribution in [0.2, 0.25) is 0 Å². The van der Waals surface area contributed by atoms with Crippen molar-refractivity contribution in [2.24, 2.45) is 0 Å². The zero-order valence-corrected chi connectivity index (χ0v) is 12.2. The highest BCUT2D eigenvalue weighted by atomic mass is 19.1. The lowest BCUT2D eigenvalue weighted by molar-refractivity contribution is 0.622. The smallest absolute Gasteiger partial charge is 0.123 e. The molecule has 0 amide bonds. The molecule has 21 heavy (non-hydrogen) atoms. The Morgan fingerprint density at radius 2 is 2.05 bits per heavy atom. The SMILES string of the molecule is Fc1cccc(CCNCc2cccc3c2NCCC3)c1. The van der Waals surface area contributed by atoms with Gasteiger partial charge in [0.2, 0.25) is 0 Å². The second kappa shape index (κ2) is 6.72. The van der Waals surface area contributed by atoms with Crippen molar-refractivity contribution in [2.75, 3.05) is 18.4 Å². The van der Waals surface area contributed by atoms with Crippen LogP contribution < -0.4 is 10.6 Å². The van der Waals surface area contributed by atoms with Gasteiger partial charge in [0, 0.05) is 18.8 Å². The topological polar surface area (TPSA) is 24.1 Å². The number of nitrogens with one attached hydrogen (secondary N) is 2. The molecule has 0 saturated carbocycles. The molecule has 3 rings (SSSR count). The molecule has 0 aromatic heterocycles. The summed E-state index contributed by atoms with van der Waals surface area (Å²) in [5.74, 6) is -0.158. The molecule has 110 valence electrons. The maximum absolute atomic E-state index is 13.1. The summed E-state index contributed by atoms with van der Waals surface area (Å²) < 4.78 is 13.1. The minimum atomic E-state index is -0.158. The molecule has 1 heterocycles. The van der Waals surface area contributed by atoms with Crippen LogP contribution in [0.25, 0.3) is 0 Å². The monoisotopic (exact) mass is 284 g/mol. The van der Waals surface area contributed by atoms with Gasteiger partial charge >= 0.3 is 0 Å². The third-order valence-electron chi connectivity index (χ3n) is 3.96. The quantitative estimate of drug-likeness (QED) is 0.821. The summed E-state index contributed by atoms with van der Waals surface area (Å²) >= 11 is 0. The highest BCUT2D eigenvalue weighted by Crippen LogP contribution is 2.25. The van der Waals surface area contributed by atoms with Crippen LogP contribution in [0.15, 0.2) is 42.5 Å². The summed E-state index contributed by atoms with van der Waals surface area (Å²) in [6.45, 7) is 2.77. The lowest BCUT2D eigenvalue weighted by Crippen LogP contribution is -2.20. The van der Waals surface area contributed by atoms with Crippen LogP contribution in [0.4, 0.5) is 10.1 Å². The molecule has 0 fully saturated rings. The van der Waals surface area contributed by atoms with Crippen molar-refractivity contribution in [3.63, 3.8) is 0 Å². The predicted octanol–water partition coefficient (Wildman–Crippen LogP) is 3.52. The molecular weight excluding hydrogens is 263 g/mol. The van der Waals surface area contributed by atoms with Crippen molar-refractivity contribution in [3.8, 4) is 0 Å². The molecular formula is C18H21FN2. The van der Waals surface area contributed by atoms with Crippen LogP contribution in [0, 0.1) is 5.82 Å². The van der Waals surface area contributed by atoms with E-state index < -0.39 is 0 Å². The van der Waals surface area contributed by atoms with Gasteiger partial charge in [-0.25, -0.2) is 4.39 Å². The highest BCUT2D eigenvalue weighted by Gasteiger charge is 2.11. The number of para-hydroxylation sites is 1. The van der Waals surface area contributed by atoms with Gasteiger partial charge in [0.05, 0.1) is 0 Å². The molecule has 0 unspecified atom stereocenters. The molecule has 0 saturated heterocycles. The van der Waals surface area contributed by atoms with Crippen LogP contribution >= 0.6 is 0 Å². The number of fused-ring (bicyclic) bond motifs is 1. The van der Waals surface area contributed by atoms with E-state index in [0.29, 0.717) is 0 Å². The second-order valence-corrected chi connectivity index (χ2v) is 5.54. The third-order valence-corrected chi connectivity index (χ3v) is 3.96. The molecule has 1 aliphatic heterocycles. The fraction of sp³-hybridized carbons (Fsp3) is 0.333. The summed E-state index contributed by atoms with van der Waals surface area (Å²) in [5, 5.41) is 6.96. The fourth-order valence-corrected chi connectivity index (χ4v) is 2.88. The lowest BCUT2D eigenvalue weighted by atomic mass is 9.99. The molecule has 0 bridgehead atoms. The van der Waals surface area contributed by atoms with Crippen LogP contribution in [0.1, 0.15) is 23.1 Å². The Bertz CT molecular complexity index is 610. The van der Waals surface area contributed by atoms with E-state index in [1.807, 2.05) is 6.07 Å². The van der Waals surface area contributed by atoms with Crippen molar-refractivity contribution in [1.82, 2.24) is 5.32 Å². The Balaban J connectivity index is 1.54. The molecule has 0 radical (unpaired) electrons. The standard InChI is InChI=1S/C18H21FN2/c19-17-8-1-4-14(12-17)9-11-20-13-16-6-2-5-15-7-3-10-21-18(15)16/h1-2,4-6,8,12,20-21H,3,7,9-11,13H2. The highest BCUT2D eigenvalue weighted by molar-refractivity contribution is 5.59. The molecule has 1 aliphatic rings. The van der Waals surface area contributed by atoms with E-state index in [-0.39, 0.29) is 5.82 Å². The molecule has 2 aromatic carbocycles. The summed E-state index contributed by atoms with van der Waals surface area (Å²) in [7, 11) is 0. The normalized spacial score (nSPS) is 13.6. The van der Waals surface area contributed by atoms with Crippen molar-refractivity contribution in [2.45, 2.75) is 25.8 Å². The first-order valence-corrected chi connectivity index (χ1v) is 7.63. The average Bonchev–Trinajstić information content (AvgIpc) is 2.52. The molecule has 2 nitrogen and oxygen atoms in total. The van der Waals surface area contributed by atoms with Gasteiger partial charge in [0.1, 0.15) is 5.82 Å². The van der Waals surface area contributed by atoms with Crippen LogP contribution in [-0.4, -0.2) is 13.1 Å². The summed E-state index contributed by atoms with van der Waals surface area (Å²) in [5.41, 5.74) is 5.09. The van der Waals surface area contributed by atoms with Gasteiger partial charge < -0.3 is 10.6 Å². The van der Waals surface area contributed by atoms with E-state index in [0.717, 1.165) is 31.6 Å². The van der Waals surface area contributed by atoms with Gasteiger partial charge in [0.15, 0.2) is 0 Å². The van der Waals surface area contributed by atoms with E-state index in [9.17, 15) is 4.39 Å². The van der Waals surface area contributed by atoms with Gasteiger partial charge in [-0.05, 0) is 54.6 Å². The van der Waals surface area contributed by atoms with Gasteiger partial charge in [-0.15, -0.1) is 0 Å². The van der Waals surface area contributed by atoms with Gasteiger partial charge in [-0.1, -0.05) is 30.3 Å². The Labute approximate surface area is 125 Å². The van der Waals surface area contributed by atoms with E-state index >= 15 is 0 Å². The number of aryl methyl sites for hydroxylation is 1. The maximum Gasteiger partial charge on any atom is 0.123 e. The first kappa shape index (κ1) is 14.1. The molecule has 0 atom stereocenters. The number of benzene rings is 2. The van der Waals surface area contributed by atoms with Crippen LogP contribution in [0.5, 0.6) is 0 Å². The van der Waals surface area contributed by atoms with E-state index in [4.69, 9.17) is 0 Å². The van der Waals surface area contributed by atoms with Crippen LogP contribution in [0.3, 0.4) is 0 Å². The Morgan fingerprint density at radius 3 is 2.95 bits per heavy atom. The first-order valence-electron chi connectivity index (χ1n) is 7.63. The summed E-state index contributed by atoms with van der Waals surface area (Å²) in [6, 6.07) is 13.3.